The van der Waals surface area contributed by atoms with Gasteiger partial charge in [0.05, 0.1) is 12.7 Å². The first-order valence-electron chi connectivity index (χ1n) is 10.0. The summed E-state index contributed by atoms with van der Waals surface area (Å²) in [7, 11) is 0. The Hall–Kier alpha value is -0.120. The summed E-state index contributed by atoms with van der Waals surface area (Å²) >= 11 is 0. The van der Waals surface area contributed by atoms with E-state index in [9.17, 15) is 0 Å². The average Bonchev–Trinajstić information content (AvgIpc) is 2.39. The van der Waals surface area contributed by atoms with Gasteiger partial charge in [0.15, 0.2) is 0 Å². The molecule has 25 heavy (non-hydrogen) atoms. The molecule has 0 aromatic carbocycles. The van der Waals surface area contributed by atoms with Crippen molar-refractivity contribution in [1.29, 1.82) is 0 Å². The SMILES string of the molecule is C.CC1CCCC(C)N1C(C)(C)C.CC1CN(C(C)(C)C)C(C)CO1. The average molecular weight is 357 g/mol. The maximum absolute atomic E-state index is 5.57. The van der Waals surface area contributed by atoms with Gasteiger partial charge < -0.3 is 4.74 Å². The smallest absolute Gasteiger partial charge is 0.0675 e. The van der Waals surface area contributed by atoms with Crippen molar-refractivity contribution in [2.24, 2.45) is 0 Å². The number of rotatable bonds is 0. The maximum atomic E-state index is 5.57. The lowest BCUT2D eigenvalue weighted by molar-refractivity contribution is -0.0818. The van der Waals surface area contributed by atoms with E-state index in [1.165, 1.54) is 19.3 Å². The first kappa shape index (κ1) is 24.9. The molecule has 4 atom stereocenters. The summed E-state index contributed by atoms with van der Waals surface area (Å²) in [6.07, 6.45) is 4.55. The van der Waals surface area contributed by atoms with E-state index in [4.69, 9.17) is 4.74 Å². The highest BCUT2D eigenvalue weighted by Gasteiger charge is 2.33. The highest BCUT2D eigenvalue weighted by Crippen LogP contribution is 2.29. The molecule has 2 rings (SSSR count). The Balaban J connectivity index is 0.000000443. The van der Waals surface area contributed by atoms with Gasteiger partial charge in [-0.3, -0.25) is 9.80 Å². The van der Waals surface area contributed by atoms with Crippen LogP contribution in [-0.4, -0.2) is 58.3 Å². The van der Waals surface area contributed by atoms with Crippen molar-refractivity contribution in [1.82, 2.24) is 9.80 Å². The highest BCUT2D eigenvalue weighted by molar-refractivity contribution is 4.88. The topological polar surface area (TPSA) is 15.7 Å². The molecule has 0 aliphatic carbocycles. The molecule has 152 valence electrons. The van der Waals surface area contributed by atoms with Gasteiger partial charge in [-0.25, -0.2) is 0 Å². The summed E-state index contributed by atoms with van der Waals surface area (Å²) in [6, 6.07) is 2.10. The first-order valence-corrected chi connectivity index (χ1v) is 10.0. The number of nitrogens with zero attached hydrogens (tertiary/aromatic N) is 2. The van der Waals surface area contributed by atoms with Gasteiger partial charge in [-0.15, -0.1) is 0 Å². The molecule has 0 amide bonds. The third-order valence-corrected chi connectivity index (χ3v) is 5.44. The van der Waals surface area contributed by atoms with E-state index in [1.807, 2.05) is 0 Å². The molecule has 2 aliphatic rings. The van der Waals surface area contributed by atoms with Crippen LogP contribution in [0.25, 0.3) is 0 Å². The van der Waals surface area contributed by atoms with Crippen LogP contribution in [0.3, 0.4) is 0 Å². The molecular weight excluding hydrogens is 308 g/mol. The largest absolute Gasteiger partial charge is 0.376 e. The third-order valence-electron chi connectivity index (χ3n) is 5.44. The summed E-state index contributed by atoms with van der Waals surface area (Å²) in [6.45, 7) is 24.8. The van der Waals surface area contributed by atoms with E-state index in [1.54, 1.807) is 0 Å². The zero-order valence-electron chi connectivity index (χ0n) is 18.1. The summed E-state index contributed by atoms with van der Waals surface area (Å²) < 4.78 is 5.57. The molecular formula is C22H48N2O. The van der Waals surface area contributed by atoms with E-state index in [0.717, 1.165) is 25.2 Å². The predicted octanol–water partition coefficient (Wildman–Crippen LogP) is 5.58. The molecule has 0 N–H and O–H groups in total. The molecule has 2 aliphatic heterocycles. The molecule has 4 unspecified atom stereocenters. The van der Waals surface area contributed by atoms with Crippen molar-refractivity contribution >= 4 is 0 Å². The number of ether oxygens (including phenoxy) is 1. The van der Waals surface area contributed by atoms with Crippen LogP contribution in [0.2, 0.25) is 0 Å². The van der Waals surface area contributed by atoms with Crippen LogP contribution >= 0.6 is 0 Å². The van der Waals surface area contributed by atoms with Crippen LogP contribution in [0.15, 0.2) is 0 Å². The van der Waals surface area contributed by atoms with Crippen molar-refractivity contribution in [3.63, 3.8) is 0 Å². The summed E-state index contributed by atoms with van der Waals surface area (Å²) in [5.74, 6) is 0. The van der Waals surface area contributed by atoms with Crippen molar-refractivity contribution in [3.8, 4) is 0 Å². The molecule has 0 radical (unpaired) electrons. The van der Waals surface area contributed by atoms with Crippen molar-refractivity contribution in [3.05, 3.63) is 0 Å². The molecule has 2 saturated heterocycles. The van der Waals surface area contributed by atoms with Gasteiger partial charge in [0.25, 0.3) is 0 Å². The van der Waals surface area contributed by atoms with E-state index in [0.29, 0.717) is 17.7 Å². The van der Waals surface area contributed by atoms with Crippen molar-refractivity contribution < 1.29 is 4.74 Å². The van der Waals surface area contributed by atoms with Crippen LogP contribution in [0, 0.1) is 0 Å². The van der Waals surface area contributed by atoms with Gasteiger partial charge in [0.2, 0.25) is 0 Å². The molecule has 0 bridgehead atoms. The number of hydrogen-bond donors (Lipinski definition) is 0. The molecule has 3 nitrogen and oxygen atoms in total. The Morgan fingerprint density at radius 2 is 1.24 bits per heavy atom. The number of piperidine rings is 1. The predicted molar refractivity (Wildman–Crippen MR) is 112 cm³/mol. The van der Waals surface area contributed by atoms with Crippen LogP contribution in [0.4, 0.5) is 0 Å². The van der Waals surface area contributed by atoms with Crippen molar-refractivity contribution in [2.45, 2.75) is 131 Å². The molecule has 3 heteroatoms. The normalized spacial score (nSPS) is 32.4. The number of morpholine rings is 1. The zero-order chi connectivity index (χ0) is 18.7. The van der Waals surface area contributed by atoms with Crippen LogP contribution in [0.5, 0.6) is 0 Å². The molecule has 0 saturated carbocycles. The lowest BCUT2D eigenvalue weighted by Gasteiger charge is -2.47. The quantitative estimate of drug-likeness (QED) is 0.563. The Kier molecular flexibility index (Phi) is 9.66. The van der Waals surface area contributed by atoms with E-state index >= 15 is 0 Å². The Morgan fingerprint density at radius 3 is 1.56 bits per heavy atom. The fourth-order valence-corrected chi connectivity index (χ4v) is 4.58. The minimum Gasteiger partial charge on any atom is -0.376 e. The molecule has 0 aromatic heterocycles. The van der Waals surface area contributed by atoms with Crippen LogP contribution < -0.4 is 0 Å². The zero-order valence-corrected chi connectivity index (χ0v) is 18.1. The summed E-state index contributed by atoms with van der Waals surface area (Å²) in [5.41, 5.74) is 0.622. The lowest BCUT2D eigenvalue weighted by Crippen LogP contribution is -2.55. The minimum atomic E-state index is 0. The number of likely N-dealkylation sites (tertiary alicyclic amines) is 1. The monoisotopic (exact) mass is 356 g/mol. The van der Waals surface area contributed by atoms with Crippen molar-refractivity contribution in [2.75, 3.05) is 13.2 Å². The Labute approximate surface area is 159 Å². The van der Waals surface area contributed by atoms with Gasteiger partial charge in [-0.05, 0) is 82.1 Å². The van der Waals surface area contributed by atoms with Gasteiger partial charge in [-0.2, -0.15) is 0 Å². The Morgan fingerprint density at radius 1 is 0.760 bits per heavy atom. The highest BCUT2D eigenvalue weighted by atomic mass is 16.5. The molecule has 0 aromatic rings. The first-order chi connectivity index (χ1) is 10.8. The van der Waals surface area contributed by atoms with Gasteiger partial charge in [-0.1, -0.05) is 13.8 Å². The van der Waals surface area contributed by atoms with Crippen LogP contribution in [-0.2, 0) is 4.74 Å². The third kappa shape index (κ3) is 7.56. The second-order valence-electron chi connectivity index (χ2n) is 10.0. The number of hydrogen-bond acceptors (Lipinski definition) is 3. The van der Waals surface area contributed by atoms with E-state index in [2.05, 4.69) is 79.0 Å². The van der Waals surface area contributed by atoms with Gasteiger partial charge in [0, 0.05) is 35.7 Å². The summed E-state index contributed by atoms with van der Waals surface area (Å²) in [5, 5.41) is 0. The van der Waals surface area contributed by atoms with Crippen LogP contribution in [0.1, 0.15) is 95.9 Å². The minimum absolute atomic E-state index is 0. The van der Waals surface area contributed by atoms with E-state index in [-0.39, 0.29) is 13.0 Å². The maximum Gasteiger partial charge on any atom is 0.0675 e. The molecule has 2 fully saturated rings. The fourth-order valence-electron chi connectivity index (χ4n) is 4.58. The standard InChI is InChI=1S/C11H23N.C10H21NO.CH4/c1-9-7-6-8-10(2)12(9)11(3,4)5;1-8-7-12-9(2)6-11(8)10(3,4)5;/h9-10H,6-8H2,1-5H3;8-9H,6-7H2,1-5H3;1H4. The Bertz CT molecular complexity index is 359. The second-order valence-corrected chi connectivity index (χ2v) is 10.0. The van der Waals surface area contributed by atoms with Gasteiger partial charge in [0.1, 0.15) is 0 Å². The fraction of sp³-hybridized carbons (Fsp3) is 1.00. The lowest BCUT2D eigenvalue weighted by atomic mass is 9.91. The molecule has 0 spiro atoms. The summed E-state index contributed by atoms with van der Waals surface area (Å²) in [4.78, 5) is 5.18. The molecule has 2 heterocycles. The second kappa shape index (κ2) is 9.71. The van der Waals surface area contributed by atoms with Gasteiger partial charge >= 0.3 is 0 Å². The van der Waals surface area contributed by atoms with E-state index < -0.39 is 0 Å².